The first-order valence-electron chi connectivity index (χ1n) is 9.29. The first-order valence-corrected chi connectivity index (χ1v) is 10.8. The smallest absolute Gasteiger partial charge is 0.240 e. The van der Waals surface area contributed by atoms with Gasteiger partial charge in [0.15, 0.2) is 0 Å². The van der Waals surface area contributed by atoms with E-state index in [1.165, 1.54) is 12.8 Å². The molecule has 0 aliphatic carbocycles. The molecule has 5 rings (SSSR count). The summed E-state index contributed by atoms with van der Waals surface area (Å²) in [6, 6.07) is 13.5. The summed E-state index contributed by atoms with van der Waals surface area (Å²) in [5.41, 5.74) is 0. The number of sulfonamides is 1. The van der Waals surface area contributed by atoms with Crippen LogP contribution in [-0.4, -0.2) is 39.0 Å². The van der Waals surface area contributed by atoms with Gasteiger partial charge in [-0.3, -0.25) is 4.90 Å². The van der Waals surface area contributed by atoms with Crippen LogP contribution >= 0.6 is 0 Å². The minimum absolute atomic E-state index is 0.344. The van der Waals surface area contributed by atoms with E-state index in [4.69, 9.17) is 0 Å². The van der Waals surface area contributed by atoms with Gasteiger partial charge in [-0.05, 0) is 54.1 Å². The van der Waals surface area contributed by atoms with Crippen LogP contribution in [0.1, 0.15) is 26.2 Å². The van der Waals surface area contributed by atoms with Crippen molar-refractivity contribution in [3.63, 3.8) is 0 Å². The summed E-state index contributed by atoms with van der Waals surface area (Å²) in [7, 11) is -3.46. The molecule has 25 heavy (non-hydrogen) atoms. The molecule has 3 saturated heterocycles. The van der Waals surface area contributed by atoms with E-state index in [2.05, 4.69) is 16.5 Å². The molecule has 4 nitrogen and oxygen atoms in total. The van der Waals surface area contributed by atoms with Crippen LogP contribution in [0.4, 0.5) is 0 Å². The number of nitrogens with zero attached hydrogens (tertiary/aromatic N) is 1. The number of hydrogen-bond donors (Lipinski definition) is 1. The number of hydrogen-bond acceptors (Lipinski definition) is 3. The van der Waals surface area contributed by atoms with Crippen LogP contribution in [0, 0.1) is 11.8 Å². The summed E-state index contributed by atoms with van der Waals surface area (Å²) in [6.07, 6.45) is 3.63. The molecule has 0 saturated carbocycles. The van der Waals surface area contributed by atoms with Crippen molar-refractivity contribution in [1.82, 2.24) is 9.62 Å². The number of piperidine rings is 3. The molecule has 2 aromatic rings. The highest BCUT2D eigenvalue weighted by Crippen LogP contribution is 2.37. The fourth-order valence-electron chi connectivity index (χ4n) is 4.55. The maximum atomic E-state index is 12.7. The van der Waals surface area contributed by atoms with E-state index < -0.39 is 10.0 Å². The zero-order valence-electron chi connectivity index (χ0n) is 14.7. The van der Waals surface area contributed by atoms with Gasteiger partial charge in [0.2, 0.25) is 10.0 Å². The third-order valence-corrected chi connectivity index (χ3v) is 7.50. The van der Waals surface area contributed by atoms with Crippen LogP contribution in [-0.2, 0) is 10.0 Å². The van der Waals surface area contributed by atoms with Crippen LogP contribution in [0.3, 0.4) is 0 Å². The van der Waals surface area contributed by atoms with Gasteiger partial charge in [-0.15, -0.1) is 0 Å². The maximum absolute atomic E-state index is 12.7. The lowest BCUT2D eigenvalue weighted by Crippen LogP contribution is -2.56. The lowest BCUT2D eigenvalue weighted by atomic mass is 9.74. The second kappa shape index (κ2) is 6.71. The minimum atomic E-state index is -3.46. The Kier molecular flexibility index (Phi) is 4.56. The molecular formula is C20H26N2O2S. The van der Waals surface area contributed by atoms with Crippen molar-refractivity contribution in [1.29, 1.82) is 0 Å². The molecule has 5 heteroatoms. The van der Waals surface area contributed by atoms with E-state index in [0.29, 0.717) is 17.5 Å². The van der Waals surface area contributed by atoms with Crippen molar-refractivity contribution in [3.05, 3.63) is 42.5 Å². The first-order chi connectivity index (χ1) is 12.1. The number of fused-ring (bicyclic) bond motifs is 4. The summed E-state index contributed by atoms with van der Waals surface area (Å²) in [5.74, 6) is 1.56. The van der Waals surface area contributed by atoms with Crippen molar-refractivity contribution in [2.45, 2.75) is 37.1 Å². The molecule has 4 atom stereocenters. The van der Waals surface area contributed by atoms with Crippen molar-refractivity contribution in [2.75, 3.05) is 19.6 Å². The second-order valence-corrected chi connectivity index (χ2v) is 9.23. The van der Waals surface area contributed by atoms with Crippen molar-refractivity contribution in [3.8, 4) is 0 Å². The standard InChI is InChI=1S/C20H26N2O2S/c1-2-15-14-22-10-9-18(15)11-19(22)13-21-25(23,24)20-8-7-16-5-3-4-6-17(16)12-20/h3-8,12,15,18-19,21H,2,9-11,13-14H2,1H3/t15-,18+,19-/m1/s1. The molecule has 134 valence electrons. The summed E-state index contributed by atoms with van der Waals surface area (Å²) in [4.78, 5) is 2.84. The zero-order chi connectivity index (χ0) is 17.4. The topological polar surface area (TPSA) is 49.4 Å². The van der Waals surface area contributed by atoms with Crippen LogP contribution in [0.2, 0.25) is 0 Å². The molecule has 3 aliphatic heterocycles. The molecule has 0 aromatic heterocycles. The molecule has 1 unspecified atom stereocenters. The zero-order valence-corrected chi connectivity index (χ0v) is 15.5. The summed E-state index contributed by atoms with van der Waals surface area (Å²) >= 11 is 0. The SMILES string of the molecule is CC[C@@H]1CN2CC[C@H]1C[C@@H]2CNS(=O)(=O)c1ccc2ccccc2c1. The van der Waals surface area contributed by atoms with Crippen LogP contribution in [0.15, 0.2) is 47.4 Å². The highest BCUT2D eigenvalue weighted by atomic mass is 32.2. The predicted molar refractivity (Wildman–Crippen MR) is 101 cm³/mol. The van der Waals surface area contributed by atoms with Crippen LogP contribution in [0.5, 0.6) is 0 Å². The van der Waals surface area contributed by atoms with E-state index in [1.54, 1.807) is 12.1 Å². The third-order valence-electron chi connectivity index (χ3n) is 6.08. The van der Waals surface area contributed by atoms with Crippen molar-refractivity contribution in [2.24, 2.45) is 11.8 Å². The molecule has 3 fully saturated rings. The number of nitrogens with one attached hydrogen (secondary N) is 1. The van der Waals surface area contributed by atoms with Gasteiger partial charge >= 0.3 is 0 Å². The molecule has 3 aliphatic rings. The lowest BCUT2D eigenvalue weighted by Gasteiger charge is -2.49. The van der Waals surface area contributed by atoms with E-state index in [-0.39, 0.29) is 0 Å². The third kappa shape index (κ3) is 3.33. The molecule has 2 bridgehead atoms. The van der Waals surface area contributed by atoms with Crippen molar-refractivity contribution < 1.29 is 8.42 Å². The van der Waals surface area contributed by atoms with Gasteiger partial charge in [-0.25, -0.2) is 13.1 Å². The molecule has 0 radical (unpaired) electrons. The number of benzene rings is 2. The normalized spacial score (nSPS) is 29.2. The Labute approximate surface area is 150 Å². The average Bonchev–Trinajstić information content (AvgIpc) is 2.66. The van der Waals surface area contributed by atoms with E-state index in [1.807, 2.05) is 30.3 Å². The Bertz CT molecular complexity index is 865. The van der Waals surface area contributed by atoms with Gasteiger partial charge in [0.25, 0.3) is 0 Å². The van der Waals surface area contributed by atoms with Gasteiger partial charge in [0.05, 0.1) is 4.90 Å². The second-order valence-electron chi connectivity index (χ2n) is 7.46. The lowest BCUT2D eigenvalue weighted by molar-refractivity contribution is 0.00236. The summed E-state index contributed by atoms with van der Waals surface area (Å²) in [6.45, 7) is 5.03. The predicted octanol–water partition coefficient (Wildman–Crippen LogP) is 3.24. The van der Waals surface area contributed by atoms with Gasteiger partial charge in [0.1, 0.15) is 0 Å². The number of rotatable bonds is 5. The molecule has 3 heterocycles. The average molecular weight is 359 g/mol. The van der Waals surface area contributed by atoms with Crippen LogP contribution in [0.25, 0.3) is 10.8 Å². The van der Waals surface area contributed by atoms with E-state index in [9.17, 15) is 8.42 Å². The van der Waals surface area contributed by atoms with Gasteiger partial charge in [-0.1, -0.05) is 43.7 Å². The summed E-state index contributed by atoms with van der Waals surface area (Å²) in [5, 5.41) is 2.01. The Morgan fingerprint density at radius 1 is 1.16 bits per heavy atom. The highest BCUT2D eigenvalue weighted by Gasteiger charge is 2.39. The Hall–Kier alpha value is -1.43. The van der Waals surface area contributed by atoms with E-state index in [0.717, 1.165) is 42.1 Å². The van der Waals surface area contributed by atoms with E-state index >= 15 is 0 Å². The monoisotopic (exact) mass is 358 g/mol. The van der Waals surface area contributed by atoms with Crippen molar-refractivity contribution >= 4 is 20.8 Å². The Balaban J connectivity index is 1.46. The van der Waals surface area contributed by atoms with Gasteiger partial charge < -0.3 is 0 Å². The first kappa shape index (κ1) is 17.0. The highest BCUT2D eigenvalue weighted by molar-refractivity contribution is 7.89. The maximum Gasteiger partial charge on any atom is 0.240 e. The fraction of sp³-hybridized carbons (Fsp3) is 0.500. The molecular weight excluding hydrogens is 332 g/mol. The molecule has 2 aromatic carbocycles. The summed E-state index contributed by atoms with van der Waals surface area (Å²) < 4.78 is 28.3. The Morgan fingerprint density at radius 2 is 1.96 bits per heavy atom. The van der Waals surface area contributed by atoms with Gasteiger partial charge in [-0.2, -0.15) is 0 Å². The molecule has 1 N–H and O–H groups in total. The van der Waals surface area contributed by atoms with Crippen LogP contribution < -0.4 is 4.72 Å². The Morgan fingerprint density at radius 3 is 2.68 bits per heavy atom. The largest absolute Gasteiger partial charge is 0.299 e. The minimum Gasteiger partial charge on any atom is -0.299 e. The quantitative estimate of drug-likeness (QED) is 0.893. The van der Waals surface area contributed by atoms with Gasteiger partial charge in [0, 0.05) is 19.1 Å². The molecule has 0 amide bonds. The fourth-order valence-corrected chi connectivity index (χ4v) is 5.66. The molecule has 0 spiro atoms.